The van der Waals surface area contributed by atoms with Crippen LogP contribution in [0.2, 0.25) is 5.02 Å². The Morgan fingerprint density at radius 1 is 1.12 bits per heavy atom. The van der Waals surface area contributed by atoms with E-state index in [4.69, 9.17) is 21.6 Å². The molecule has 86 valence electrons. The third-order valence-electron chi connectivity index (χ3n) is 2.50. The zero-order valence-electron chi connectivity index (χ0n) is 10.0. The monoisotopic (exact) mass is 237 g/mol. The molecule has 0 radical (unpaired) electrons. The van der Waals surface area contributed by atoms with Crippen molar-refractivity contribution in [2.45, 2.75) is 39.5 Å². The van der Waals surface area contributed by atoms with Gasteiger partial charge in [0, 0.05) is 16.1 Å². The summed E-state index contributed by atoms with van der Waals surface area (Å²) in [6.07, 6.45) is 1.75. The molecule has 0 fully saturated rings. The molecule has 0 heterocycles. The van der Waals surface area contributed by atoms with Gasteiger partial charge in [0.1, 0.15) is 5.75 Å². The third-order valence-corrected chi connectivity index (χ3v) is 2.72. The van der Waals surface area contributed by atoms with Crippen LogP contribution in [0, 0.1) is 11.5 Å². The van der Waals surface area contributed by atoms with Crippen LogP contribution in [0.4, 0.5) is 0 Å². The summed E-state index contributed by atoms with van der Waals surface area (Å²) >= 11 is 6.07. The number of ether oxygens (including phenoxy) is 1. The van der Waals surface area contributed by atoms with Crippen LogP contribution in [-0.2, 0) is 0 Å². The highest BCUT2D eigenvalue weighted by Crippen LogP contribution is 2.37. The van der Waals surface area contributed by atoms with Crippen molar-refractivity contribution in [1.82, 2.24) is 0 Å². The highest BCUT2D eigenvalue weighted by Gasteiger charge is 2.17. The molecular weight excluding hydrogens is 222 g/mol. The quantitative estimate of drug-likeness (QED) is 0.728. The minimum atomic E-state index is 0.277. The molecule has 0 aliphatic carbocycles. The lowest BCUT2D eigenvalue weighted by Gasteiger charge is -2.17. The van der Waals surface area contributed by atoms with Gasteiger partial charge in [-0.2, -0.15) is 0 Å². The fraction of sp³-hybridized carbons (Fsp3) is 0.462. The van der Waals surface area contributed by atoms with Crippen molar-refractivity contribution in [2.75, 3.05) is 0 Å². The average Bonchev–Trinajstić information content (AvgIpc) is 2.19. The summed E-state index contributed by atoms with van der Waals surface area (Å²) < 4.78 is 5.09. The van der Waals surface area contributed by atoms with Crippen LogP contribution in [0.3, 0.4) is 0 Å². The maximum absolute atomic E-state index is 8.70. The van der Waals surface area contributed by atoms with Crippen molar-refractivity contribution in [2.24, 2.45) is 0 Å². The van der Waals surface area contributed by atoms with E-state index < -0.39 is 0 Å². The van der Waals surface area contributed by atoms with Gasteiger partial charge in [0.25, 0.3) is 6.26 Å². The fourth-order valence-corrected chi connectivity index (χ4v) is 1.89. The number of nitriles is 1. The van der Waals surface area contributed by atoms with E-state index in [2.05, 4.69) is 27.7 Å². The third kappa shape index (κ3) is 2.68. The van der Waals surface area contributed by atoms with Crippen molar-refractivity contribution in [3.63, 3.8) is 0 Å². The zero-order valence-corrected chi connectivity index (χ0v) is 10.8. The van der Waals surface area contributed by atoms with Crippen LogP contribution in [0.1, 0.15) is 50.7 Å². The van der Waals surface area contributed by atoms with Gasteiger partial charge in [0.2, 0.25) is 0 Å². The lowest BCUT2D eigenvalue weighted by atomic mass is 9.94. The molecule has 0 aromatic heterocycles. The summed E-state index contributed by atoms with van der Waals surface area (Å²) in [6, 6.07) is 3.73. The van der Waals surface area contributed by atoms with Gasteiger partial charge in [0.15, 0.2) is 0 Å². The van der Waals surface area contributed by atoms with Gasteiger partial charge in [-0.1, -0.05) is 39.3 Å². The molecule has 0 aliphatic rings. The van der Waals surface area contributed by atoms with E-state index in [0.29, 0.717) is 10.8 Å². The Labute approximate surface area is 102 Å². The molecule has 1 rings (SSSR count). The lowest BCUT2D eigenvalue weighted by Crippen LogP contribution is -2.00. The van der Waals surface area contributed by atoms with Crippen LogP contribution < -0.4 is 4.74 Å². The molecule has 0 atom stereocenters. The predicted octanol–water partition coefficient (Wildman–Crippen LogP) is 4.45. The summed E-state index contributed by atoms with van der Waals surface area (Å²) in [4.78, 5) is 0. The first-order valence-electron chi connectivity index (χ1n) is 5.36. The second-order valence-electron chi connectivity index (χ2n) is 4.42. The van der Waals surface area contributed by atoms with Gasteiger partial charge < -0.3 is 4.74 Å². The van der Waals surface area contributed by atoms with E-state index in [1.165, 1.54) is 0 Å². The average molecular weight is 238 g/mol. The number of hydrogen-bond donors (Lipinski definition) is 0. The smallest absolute Gasteiger partial charge is 0.292 e. The topological polar surface area (TPSA) is 33.0 Å². The zero-order chi connectivity index (χ0) is 12.3. The highest BCUT2D eigenvalue weighted by atomic mass is 35.5. The van der Waals surface area contributed by atoms with Crippen molar-refractivity contribution >= 4 is 11.6 Å². The largest absolute Gasteiger partial charge is 0.387 e. The first-order chi connectivity index (χ1) is 7.47. The Morgan fingerprint density at radius 3 is 1.88 bits per heavy atom. The van der Waals surface area contributed by atoms with Gasteiger partial charge >= 0.3 is 0 Å². The molecule has 0 aliphatic heterocycles. The number of rotatable bonds is 3. The molecule has 0 saturated heterocycles. The molecule has 0 spiro atoms. The van der Waals surface area contributed by atoms with E-state index in [0.717, 1.165) is 11.1 Å². The first-order valence-corrected chi connectivity index (χ1v) is 5.74. The molecule has 3 heteroatoms. The number of halogens is 1. The fourth-order valence-electron chi connectivity index (χ4n) is 1.66. The normalized spacial score (nSPS) is 10.6. The molecule has 0 unspecified atom stereocenters. The minimum Gasteiger partial charge on any atom is -0.387 e. The van der Waals surface area contributed by atoms with Crippen molar-refractivity contribution < 1.29 is 4.74 Å². The first kappa shape index (κ1) is 12.9. The second-order valence-corrected chi connectivity index (χ2v) is 4.85. The molecule has 16 heavy (non-hydrogen) atoms. The molecule has 0 N–H and O–H groups in total. The summed E-state index contributed by atoms with van der Waals surface area (Å²) in [7, 11) is 0. The van der Waals surface area contributed by atoms with Gasteiger partial charge in [-0.05, 0) is 24.0 Å². The van der Waals surface area contributed by atoms with Gasteiger partial charge in [-0.25, -0.2) is 0 Å². The molecule has 0 bridgehead atoms. The molecule has 2 nitrogen and oxygen atoms in total. The molecule has 0 amide bonds. The van der Waals surface area contributed by atoms with Crippen molar-refractivity contribution in [1.29, 1.82) is 5.26 Å². The van der Waals surface area contributed by atoms with Crippen LogP contribution in [-0.4, -0.2) is 0 Å². The lowest BCUT2D eigenvalue weighted by molar-refractivity contribution is 0.486. The maximum Gasteiger partial charge on any atom is 0.292 e. The van der Waals surface area contributed by atoms with Gasteiger partial charge in [-0.3, -0.25) is 0 Å². The molecular formula is C13H16ClNO. The van der Waals surface area contributed by atoms with Crippen LogP contribution in [0.5, 0.6) is 5.75 Å². The standard InChI is InChI=1S/C13H16ClNO/c1-8(2)11-5-10(14)6-12(9(3)4)13(11)16-7-15/h5-6,8-9H,1-4H3. The minimum absolute atomic E-state index is 0.277. The number of hydrogen-bond acceptors (Lipinski definition) is 2. The second kappa shape index (κ2) is 5.23. The SMILES string of the molecule is CC(C)c1cc(Cl)cc(C(C)C)c1OC#N. The highest BCUT2D eigenvalue weighted by molar-refractivity contribution is 6.30. The van der Waals surface area contributed by atoms with Crippen molar-refractivity contribution in [3.05, 3.63) is 28.3 Å². The molecule has 1 aromatic rings. The summed E-state index contributed by atoms with van der Waals surface area (Å²) in [5.41, 5.74) is 1.97. The molecule has 0 saturated carbocycles. The van der Waals surface area contributed by atoms with E-state index in [-0.39, 0.29) is 11.8 Å². The Kier molecular flexibility index (Phi) is 4.20. The van der Waals surface area contributed by atoms with Crippen LogP contribution in [0.15, 0.2) is 12.1 Å². The van der Waals surface area contributed by atoms with E-state index >= 15 is 0 Å². The maximum atomic E-state index is 8.70. The van der Waals surface area contributed by atoms with Gasteiger partial charge in [-0.15, -0.1) is 5.26 Å². The van der Waals surface area contributed by atoms with Crippen molar-refractivity contribution in [3.8, 4) is 12.0 Å². The van der Waals surface area contributed by atoms with Crippen LogP contribution >= 0.6 is 11.6 Å². The summed E-state index contributed by atoms with van der Waals surface area (Å²) in [5.74, 6) is 1.22. The van der Waals surface area contributed by atoms with E-state index in [9.17, 15) is 0 Å². The number of nitrogens with zero attached hydrogens (tertiary/aromatic N) is 1. The van der Waals surface area contributed by atoms with Gasteiger partial charge in [0.05, 0.1) is 0 Å². The Hall–Kier alpha value is -1.20. The van der Waals surface area contributed by atoms with E-state index in [1.54, 1.807) is 6.26 Å². The predicted molar refractivity (Wildman–Crippen MR) is 65.9 cm³/mol. The Balaban J connectivity index is 3.42. The Bertz CT molecular complexity index is 389. The van der Waals surface area contributed by atoms with E-state index in [1.807, 2.05) is 12.1 Å². The summed E-state index contributed by atoms with van der Waals surface area (Å²) in [5, 5.41) is 9.39. The molecule has 1 aromatic carbocycles. The Morgan fingerprint density at radius 2 is 1.56 bits per heavy atom. The number of benzene rings is 1. The van der Waals surface area contributed by atoms with Crippen LogP contribution in [0.25, 0.3) is 0 Å². The summed E-state index contributed by atoms with van der Waals surface area (Å²) in [6.45, 7) is 8.22.